The third kappa shape index (κ3) is 4.03. The fraction of sp³-hybridized carbons (Fsp3) is 0.176. The van der Waals surface area contributed by atoms with Crippen molar-refractivity contribution in [3.05, 3.63) is 59.1 Å². The smallest absolute Gasteiger partial charge is 0.269 e. The molecule has 0 N–H and O–H groups in total. The van der Waals surface area contributed by atoms with E-state index in [2.05, 4.69) is 9.36 Å². The highest BCUT2D eigenvalue weighted by Gasteiger charge is 2.31. The Kier molecular flexibility index (Phi) is 6.01. The van der Waals surface area contributed by atoms with Crippen LogP contribution in [0.1, 0.15) is 5.56 Å². The van der Waals surface area contributed by atoms with Crippen LogP contribution in [0.5, 0.6) is 11.5 Å². The Labute approximate surface area is 170 Å². The van der Waals surface area contributed by atoms with E-state index in [1.54, 1.807) is 18.2 Å². The standard InChI is InChI=1S/C17H15ClFN3O4S2/c1-25-13-5-3-11(15(8-13)26-2)9-22(17-20-10-21-27-17)28(23,24)16-7-12(18)4-6-14(16)19/h3-8,10H,9H2,1-2H3. The minimum atomic E-state index is -4.32. The van der Waals surface area contributed by atoms with Crippen LogP contribution in [0.15, 0.2) is 47.6 Å². The van der Waals surface area contributed by atoms with Gasteiger partial charge in [0.1, 0.15) is 28.5 Å². The maximum atomic E-state index is 14.3. The zero-order chi connectivity index (χ0) is 20.3. The van der Waals surface area contributed by atoms with Gasteiger partial charge in [-0.05, 0) is 30.3 Å². The van der Waals surface area contributed by atoms with Gasteiger partial charge in [0.15, 0.2) is 0 Å². The summed E-state index contributed by atoms with van der Waals surface area (Å²) in [5, 5.41) is 0.177. The SMILES string of the molecule is COc1ccc(CN(c2ncns2)S(=O)(=O)c2cc(Cl)ccc2F)c(OC)c1. The first-order valence-electron chi connectivity index (χ1n) is 7.82. The number of rotatable bonds is 7. The molecule has 2 aromatic carbocycles. The van der Waals surface area contributed by atoms with Crippen molar-refractivity contribution in [2.24, 2.45) is 0 Å². The summed E-state index contributed by atoms with van der Waals surface area (Å²) >= 11 is 6.75. The maximum Gasteiger partial charge on any atom is 0.269 e. The Morgan fingerprint density at radius 1 is 1.18 bits per heavy atom. The number of ether oxygens (including phenoxy) is 2. The van der Waals surface area contributed by atoms with E-state index in [0.717, 1.165) is 28.0 Å². The van der Waals surface area contributed by atoms with Crippen molar-refractivity contribution in [3.63, 3.8) is 0 Å². The monoisotopic (exact) mass is 443 g/mol. The van der Waals surface area contributed by atoms with Crippen LogP contribution in [0.4, 0.5) is 9.52 Å². The van der Waals surface area contributed by atoms with Crippen molar-refractivity contribution in [1.82, 2.24) is 9.36 Å². The summed E-state index contributed by atoms with van der Waals surface area (Å²) in [6.07, 6.45) is 1.22. The number of sulfonamides is 1. The number of methoxy groups -OCH3 is 2. The number of halogens is 2. The first kappa shape index (κ1) is 20.3. The minimum absolute atomic E-state index is 0.0808. The summed E-state index contributed by atoms with van der Waals surface area (Å²) in [5.41, 5.74) is 0.532. The Bertz CT molecular complexity index is 1080. The lowest BCUT2D eigenvalue weighted by Gasteiger charge is -2.23. The second-order valence-corrected chi connectivity index (χ2v) is 8.51. The molecule has 28 heavy (non-hydrogen) atoms. The number of hydrogen-bond donors (Lipinski definition) is 0. The molecule has 0 atom stereocenters. The molecule has 0 fully saturated rings. The zero-order valence-electron chi connectivity index (χ0n) is 14.8. The van der Waals surface area contributed by atoms with E-state index in [0.29, 0.717) is 17.1 Å². The number of nitrogens with zero attached hydrogens (tertiary/aromatic N) is 3. The summed E-state index contributed by atoms with van der Waals surface area (Å²) in [6.45, 7) is -0.156. The van der Waals surface area contributed by atoms with Crippen LogP contribution in [0.25, 0.3) is 0 Å². The van der Waals surface area contributed by atoms with Gasteiger partial charge in [-0.25, -0.2) is 22.1 Å². The van der Waals surface area contributed by atoms with Crippen molar-refractivity contribution in [2.75, 3.05) is 18.5 Å². The predicted molar refractivity (Wildman–Crippen MR) is 104 cm³/mol. The molecule has 1 aromatic heterocycles. The Morgan fingerprint density at radius 3 is 2.61 bits per heavy atom. The van der Waals surface area contributed by atoms with E-state index in [4.69, 9.17) is 21.1 Å². The zero-order valence-corrected chi connectivity index (χ0v) is 17.2. The van der Waals surface area contributed by atoms with Crippen LogP contribution in [-0.2, 0) is 16.6 Å². The largest absolute Gasteiger partial charge is 0.497 e. The van der Waals surface area contributed by atoms with Crippen LogP contribution in [0, 0.1) is 5.82 Å². The maximum absolute atomic E-state index is 14.3. The second-order valence-electron chi connectivity index (χ2n) is 5.49. The van der Waals surface area contributed by atoms with Gasteiger partial charge in [-0.15, -0.1) is 0 Å². The predicted octanol–water partition coefficient (Wildman–Crippen LogP) is 3.74. The van der Waals surface area contributed by atoms with E-state index < -0.39 is 20.7 Å². The first-order chi connectivity index (χ1) is 13.4. The van der Waals surface area contributed by atoms with Gasteiger partial charge in [-0.3, -0.25) is 0 Å². The molecule has 0 aliphatic rings. The molecule has 0 aliphatic carbocycles. The molecular formula is C17H15ClFN3O4S2. The van der Waals surface area contributed by atoms with Crippen LogP contribution in [-0.4, -0.2) is 32.0 Å². The summed E-state index contributed by atoms with van der Waals surface area (Å²) < 4.78 is 56.1. The number of benzene rings is 2. The first-order valence-corrected chi connectivity index (χ1v) is 10.4. The Balaban J connectivity index is 2.10. The molecule has 0 amide bonds. The van der Waals surface area contributed by atoms with Gasteiger partial charge < -0.3 is 9.47 Å². The van der Waals surface area contributed by atoms with Gasteiger partial charge in [0.2, 0.25) is 5.13 Å². The van der Waals surface area contributed by atoms with Crippen LogP contribution in [0.3, 0.4) is 0 Å². The normalized spacial score (nSPS) is 11.3. The quantitative estimate of drug-likeness (QED) is 0.553. The minimum Gasteiger partial charge on any atom is -0.497 e. The van der Waals surface area contributed by atoms with Gasteiger partial charge in [0.25, 0.3) is 10.0 Å². The van der Waals surface area contributed by atoms with Gasteiger partial charge in [-0.2, -0.15) is 4.37 Å². The van der Waals surface area contributed by atoms with Crippen molar-refractivity contribution in [3.8, 4) is 11.5 Å². The van der Waals surface area contributed by atoms with Gasteiger partial charge in [0, 0.05) is 28.2 Å². The lowest BCUT2D eigenvalue weighted by Crippen LogP contribution is -2.31. The van der Waals surface area contributed by atoms with Crippen LogP contribution in [0.2, 0.25) is 5.02 Å². The number of hydrogen-bond acceptors (Lipinski definition) is 7. The van der Waals surface area contributed by atoms with E-state index in [9.17, 15) is 12.8 Å². The lowest BCUT2D eigenvalue weighted by atomic mass is 10.2. The third-order valence-electron chi connectivity index (χ3n) is 3.83. The molecule has 0 saturated heterocycles. The van der Waals surface area contributed by atoms with E-state index in [-0.39, 0.29) is 16.7 Å². The molecule has 0 bridgehead atoms. The molecule has 0 radical (unpaired) electrons. The van der Waals surface area contributed by atoms with Crippen molar-refractivity contribution in [2.45, 2.75) is 11.4 Å². The molecule has 3 aromatic rings. The van der Waals surface area contributed by atoms with Crippen LogP contribution < -0.4 is 13.8 Å². The molecule has 148 valence electrons. The molecule has 0 saturated carbocycles. The van der Waals surface area contributed by atoms with E-state index in [1.165, 1.54) is 26.6 Å². The molecule has 3 rings (SSSR count). The molecule has 0 aliphatic heterocycles. The summed E-state index contributed by atoms with van der Waals surface area (Å²) in [4.78, 5) is 3.43. The molecular weight excluding hydrogens is 429 g/mol. The fourth-order valence-electron chi connectivity index (χ4n) is 2.46. The van der Waals surface area contributed by atoms with Crippen molar-refractivity contribution in [1.29, 1.82) is 0 Å². The van der Waals surface area contributed by atoms with E-state index >= 15 is 0 Å². The molecule has 11 heteroatoms. The number of aromatic nitrogens is 2. The third-order valence-corrected chi connectivity index (χ3v) is 6.62. The molecule has 0 unspecified atom stereocenters. The highest BCUT2D eigenvalue weighted by molar-refractivity contribution is 7.93. The second kappa shape index (κ2) is 8.29. The highest BCUT2D eigenvalue weighted by atomic mass is 35.5. The molecule has 7 nitrogen and oxygen atoms in total. The summed E-state index contributed by atoms with van der Waals surface area (Å²) in [5.74, 6) is 0.0445. The van der Waals surface area contributed by atoms with Crippen LogP contribution >= 0.6 is 23.1 Å². The summed E-state index contributed by atoms with van der Waals surface area (Å²) in [7, 11) is -1.36. The average Bonchev–Trinajstić information content (AvgIpc) is 3.21. The van der Waals surface area contributed by atoms with Gasteiger partial charge in [-0.1, -0.05) is 11.6 Å². The average molecular weight is 444 g/mol. The lowest BCUT2D eigenvalue weighted by molar-refractivity contribution is 0.391. The summed E-state index contributed by atoms with van der Waals surface area (Å²) in [6, 6.07) is 8.29. The topological polar surface area (TPSA) is 81.6 Å². The fourth-order valence-corrected chi connectivity index (χ4v) is 4.92. The van der Waals surface area contributed by atoms with Gasteiger partial charge in [0.05, 0.1) is 20.8 Å². The van der Waals surface area contributed by atoms with E-state index in [1.807, 2.05) is 0 Å². The van der Waals surface area contributed by atoms with Gasteiger partial charge >= 0.3 is 0 Å². The molecule has 1 heterocycles. The van der Waals surface area contributed by atoms with Crippen molar-refractivity contribution < 1.29 is 22.3 Å². The highest BCUT2D eigenvalue weighted by Crippen LogP contribution is 2.32. The Morgan fingerprint density at radius 2 is 1.96 bits per heavy atom. The van der Waals surface area contributed by atoms with Crippen molar-refractivity contribution >= 4 is 38.3 Å². The number of anilines is 1. The Hall–Kier alpha value is -2.43. The molecule has 0 spiro atoms.